The van der Waals surface area contributed by atoms with Gasteiger partial charge in [0.15, 0.2) is 5.82 Å². The Morgan fingerprint density at radius 2 is 2.00 bits per heavy atom. The summed E-state index contributed by atoms with van der Waals surface area (Å²) in [5, 5.41) is 2.91. The van der Waals surface area contributed by atoms with Crippen LogP contribution in [0.1, 0.15) is 11.1 Å². The average Bonchev–Trinajstić information content (AvgIpc) is 2.30. The first-order valence-corrected chi connectivity index (χ1v) is 5.32. The van der Waals surface area contributed by atoms with Gasteiger partial charge >= 0.3 is 0 Å². The monoisotopic (exact) mass is 231 g/mol. The van der Waals surface area contributed by atoms with Crippen molar-refractivity contribution in [2.24, 2.45) is 0 Å². The Bertz CT molecular complexity index is 552. The van der Waals surface area contributed by atoms with Crippen LogP contribution in [0.4, 0.5) is 21.6 Å². The first kappa shape index (κ1) is 11.4. The van der Waals surface area contributed by atoms with Crippen LogP contribution in [0.5, 0.6) is 0 Å². The van der Waals surface area contributed by atoms with E-state index < -0.39 is 0 Å². The SMILES string of the molecule is Cc1ccc(F)c(Nc2nccc(C)c2N)c1. The normalized spacial score (nSPS) is 10.3. The summed E-state index contributed by atoms with van der Waals surface area (Å²) in [6, 6.07) is 6.67. The molecule has 1 aromatic heterocycles. The lowest BCUT2D eigenvalue weighted by molar-refractivity contribution is 0.631. The molecule has 1 aromatic carbocycles. The van der Waals surface area contributed by atoms with Gasteiger partial charge in [0.1, 0.15) is 5.82 Å². The second-order valence-electron chi connectivity index (χ2n) is 4.00. The molecule has 3 N–H and O–H groups in total. The van der Waals surface area contributed by atoms with Crippen molar-refractivity contribution in [1.82, 2.24) is 4.98 Å². The van der Waals surface area contributed by atoms with Crippen LogP contribution >= 0.6 is 0 Å². The zero-order valence-corrected chi connectivity index (χ0v) is 9.79. The summed E-state index contributed by atoms with van der Waals surface area (Å²) in [6.07, 6.45) is 1.64. The molecular formula is C13H14FN3. The highest BCUT2D eigenvalue weighted by Gasteiger charge is 2.07. The highest BCUT2D eigenvalue weighted by Crippen LogP contribution is 2.25. The van der Waals surface area contributed by atoms with Gasteiger partial charge in [0.2, 0.25) is 0 Å². The molecule has 0 bridgehead atoms. The summed E-state index contributed by atoms with van der Waals surface area (Å²) in [5.74, 6) is 0.160. The Hall–Kier alpha value is -2.10. The van der Waals surface area contributed by atoms with Gasteiger partial charge in [-0.05, 0) is 43.2 Å². The second kappa shape index (κ2) is 4.41. The van der Waals surface area contributed by atoms with Crippen LogP contribution in [0.25, 0.3) is 0 Å². The van der Waals surface area contributed by atoms with Crippen LogP contribution in [-0.4, -0.2) is 4.98 Å². The fourth-order valence-corrected chi connectivity index (χ4v) is 1.53. The van der Waals surface area contributed by atoms with E-state index in [4.69, 9.17) is 5.73 Å². The van der Waals surface area contributed by atoms with Gasteiger partial charge in [-0.15, -0.1) is 0 Å². The highest BCUT2D eigenvalue weighted by molar-refractivity contribution is 5.71. The lowest BCUT2D eigenvalue weighted by atomic mass is 10.2. The fraction of sp³-hybridized carbons (Fsp3) is 0.154. The maximum Gasteiger partial charge on any atom is 0.153 e. The number of hydrogen-bond donors (Lipinski definition) is 2. The number of nitrogen functional groups attached to an aromatic ring is 1. The van der Waals surface area contributed by atoms with Crippen molar-refractivity contribution in [3.05, 3.63) is 47.4 Å². The van der Waals surface area contributed by atoms with E-state index in [1.54, 1.807) is 18.3 Å². The molecule has 17 heavy (non-hydrogen) atoms. The zero-order valence-electron chi connectivity index (χ0n) is 9.79. The number of nitrogens with one attached hydrogen (secondary N) is 1. The Balaban J connectivity index is 2.38. The number of nitrogens with two attached hydrogens (primary N) is 1. The number of halogens is 1. The van der Waals surface area contributed by atoms with E-state index >= 15 is 0 Å². The number of pyridine rings is 1. The molecule has 3 nitrogen and oxygen atoms in total. The van der Waals surface area contributed by atoms with E-state index in [-0.39, 0.29) is 5.82 Å². The van der Waals surface area contributed by atoms with Gasteiger partial charge < -0.3 is 11.1 Å². The zero-order chi connectivity index (χ0) is 12.4. The molecule has 0 unspecified atom stereocenters. The standard InChI is InChI=1S/C13H14FN3/c1-8-3-4-10(14)11(7-8)17-13-12(15)9(2)5-6-16-13/h3-7H,15H2,1-2H3,(H,16,17). The number of anilines is 3. The van der Waals surface area contributed by atoms with Crippen LogP contribution in [-0.2, 0) is 0 Å². The summed E-state index contributed by atoms with van der Waals surface area (Å²) < 4.78 is 13.6. The number of aryl methyl sites for hydroxylation is 2. The van der Waals surface area contributed by atoms with Crippen LogP contribution in [0, 0.1) is 19.7 Å². The van der Waals surface area contributed by atoms with Crippen molar-refractivity contribution in [3.63, 3.8) is 0 Å². The third kappa shape index (κ3) is 2.36. The van der Waals surface area contributed by atoms with Crippen molar-refractivity contribution in [1.29, 1.82) is 0 Å². The van der Waals surface area contributed by atoms with Gasteiger partial charge in [0.05, 0.1) is 11.4 Å². The first-order valence-electron chi connectivity index (χ1n) is 5.32. The molecule has 0 radical (unpaired) electrons. The average molecular weight is 231 g/mol. The molecule has 0 saturated heterocycles. The van der Waals surface area contributed by atoms with Gasteiger partial charge in [-0.1, -0.05) is 6.07 Å². The maximum atomic E-state index is 13.6. The maximum absolute atomic E-state index is 13.6. The number of aromatic nitrogens is 1. The Morgan fingerprint density at radius 3 is 2.76 bits per heavy atom. The predicted octanol–water partition coefficient (Wildman–Crippen LogP) is 3.16. The minimum absolute atomic E-state index is 0.321. The molecular weight excluding hydrogens is 217 g/mol. The quantitative estimate of drug-likeness (QED) is 0.834. The molecule has 88 valence electrons. The van der Waals surface area contributed by atoms with Crippen molar-refractivity contribution >= 4 is 17.2 Å². The van der Waals surface area contributed by atoms with E-state index in [1.807, 2.05) is 19.9 Å². The van der Waals surface area contributed by atoms with Crippen LogP contribution in [0.3, 0.4) is 0 Å². The van der Waals surface area contributed by atoms with E-state index in [2.05, 4.69) is 10.3 Å². The lowest BCUT2D eigenvalue weighted by Crippen LogP contribution is -2.02. The van der Waals surface area contributed by atoms with Crippen LogP contribution in [0.2, 0.25) is 0 Å². The molecule has 0 atom stereocenters. The van der Waals surface area contributed by atoms with Crippen molar-refractivity contribution in [2.45, 2.75) is 13.8 Å². The van der Waals surface area contributed by atoms with Crippen molar-refractivity contribution in [3.8, 4) is 0 Å². The Morgan fingerprint density at radius 1 is 1.24 bits per heavy atom. The van der Waals surface area contributed by atoms with Gasteiger partial charge in [0, 0.05) is 6.20 Å². The van der Waals surface area contributed by atoms with Gasteiger partial charge in [-0.25, -0.2) is 9.37 Å². The van der Waals surface area contributed by atoms with Crippen molar-refractivity contribution in [2.75, 3.05) is 11.1 Å². The molecule has 0 aliphatic heterocycles. The summed E-state index contributed by atoms with van der Waals surface area (Å²) in [6.45, 7) is 3.78. The number of benzene rings is 1. The molecule has 0 aliphatic carbocycles. The smallest absolute Gasteiger partial charge is 0.153 e. The number of nitrogens with zero attached hydrogens (tertiary/aromatic N) is 1. The topological polar surface area (TPSA) is 50.9 Å². The number of hydrogen-bond acceptors (Lipinski definition) is 3. The van der Waals surface area contributed by atoms with Crippen LogP contribution < -0.4 is 11.1 Å². The van der Waals surface area contributed by atoms with E-state index in [9.17, 15) is 4.39 Å². The largest absolute Gasteiger partial charge is 0.396 e. The Kier molecular flexibility index (Phi) is 2.95. The minimum Gasteiger partial charge on any atom is -0.396 e. The molecule has 0 amide bonds. The molecule has 2 aromatic rings. The lowest BCUT2D eigenvalue weighted by Gasteiger charge is -2.11. The summed E-state index contributed by atoms with van der Waals surface area (Å²) in [4.78, 5) is 4.10. The molecule has 2 rings (SSSR count). The third-order valence-electron chi connectivity index (χ3n) is 2.58. The third-order valence-corrected chi connectivity index (χ3v) is 2.58. The van der Waals surface area contributed by atoms with E-state index in [0.717, 1.165) is 11.1 Å². The van der Waals surface area contributed by atoms with Gasteiger partial charge in [-0.2, -0.15) is 0 Å². The predicted molar refractivity (Wildman–Crippen MR) is 67.8 cm³/mol. The molecule has 0 spiro atoms. The van der Waals surface area contributed by atoms with E-state index in [0.29, 0.717) is 17.2 Å². The van der Waals surface area contributed by atoms with Gasteiger partial charge in [0.25, 0.3) is 0 Å². The van der Waals surface area contributed by atoms with E-state index in [1.165, 1.54) is 6.07 Å². The fourth-order valence-electron chi connectivity index (χ4n) is 1.53. The molecule has 0 fully saturated rings. The van der Waals surface area contributed by atoms with Crippen molar-refractivity contribution < 1.29 is 4.39 Å². The molecule has 0 aliphatic rings. The molecule has 1 heterocycles. The number of rotatable bonds is 2. The highest BCUT2D eigenvalue weighted by atomic mass is 19.1. The summed E-state index contributed by atoms with van der Waals surface area (Å²) >= 11 is 0. The van der Waals surface area contributed by atoms with Gasteiger partial charge in [-0.3, -0.25) is 0 Å². The second-order valence-corrected chi connectivity index (χ2v) is 4.00. The summed E-state index contributed by atoms with van der Waals surface area (Å²) in [5.41, 5.74) is 8.68. The molecule has 0 saturated carbocycles. The Labute approximate surface area is 99.5 Å². The van der Waals surface area contributed by atoms with Crippen LogP contribution in [0.15, 0.2) is 30.5 Å². The summed E-state index contributed by atoms with van der Waals surface area (Å²) in [7, 11) is 0. The first-order chi connectivity index (χ1) is 8.08. The molecule has 4 heteroatoms. The minimum atomic E-state index is -0.321.